The number of aromatic nitrogens is 1. The van der Waals surface area contributed by atoms with Crippen molar-refractivity contribution >= 4 is 5.91 Å². The highest BCUT2D eigenvalue weighted by Crippen LogP contribution is 2.39. The van der Waals surface area contributed by atoms with Gasteiger partial charge < -0.3 is 19.3 Å². The number of hydrogen-bond donors (Lipinski definition) is 1. The SMILES string of the molecule is C[C@@H]1CN(C(=O)c2ccn(C(C)(C)C)c2)CC[C@@]1(O)C1CCOCC1. The number of carbonyl (C=O) groups excluding carboxylic acids is 1. The fourth-order valence-corrected chi connectivity index (χ4v) is 4.25. The van der Waals surface area contributed by atoms with Crippen LogP contribution in [0, 0.1) is 11.8 Å². The third-order valence-electron chi connectivity index (χ3n) is 6.06. The van der Waals surface area contributed by atoms with E-state index in [2.05, 4.69) is 32.3 Å². The van der Waals surface area contributed by atoms with Crippen molar-refractivity contribution in [3.63, 3.8) is 0 Å². The molecule has 2 fully saturated rings. The molecule has 0 unspecified atom stereocenters. The molecule has 2 saturated heterocycles. The molecule has 0 spiro atoms. The zero-order valence-electron chi connectivity index (χ0n) is 16.0. The first-order valence-corrected chi connectivity index (χ1v) is 9.49. The summed E-state index contributed by atoms with van der Waals surface area (Å²) in [6, 6.07) is 1.90. The Morgan fingerprint density at radius 3 is 2.56 bits per heavy atom. The summed E-state index contributed by atoms with van der Waals surface area (Å²) in [5.41, 5.74) is 0.0354. The van der Waals surface area contributed by atoms with Crippen LogP contribution in [0.1, 0.15) is 57.3 Å². The largest absolute Gasteiger partial charge is 0.389 e. The third-order valence-corrected chi connectivity index (χ3v) is 6.06. The van der Waals surface area contributed by atoms with Gasteiger partial charge in [0.1, 0.15) is 0 Å². The number of carbonyl (C=O) groups is 1. The van der Waals surface area contributed by atoms with E-state index < -0.39 is 5.60 Å². The van der Waals surface area contributed by atoms with E-state index in [4.69, 9.17) is 4.74 Å². The van der Waals surface area contributed by atoms with Gasteiger partial charge >= 0.3 is 0 Å². The van der Waals surface area contributed by atoms with Crippen LogP contribution >= 0.6 is 0 Å². The second kappa shape index (κ2) is 6.76. The number of rotatable bonds is 2. The van der Waals surface area contributed by atoms with Crippen molar-refractivity contribution in [3.8, 4) is 0 Å². The Morgan fingerprint density at radius 1 is 1.32 bits per heavy atom. The van der Waals surface area contributed by atoms with E-state index >= 15 is 0 Å². The molecule has 5 nitrogen and oxygen atoms in total. The van der Waals surface area contributed by atoms with Crippen LogP contribution in [0.4, 0.5) is 0 Å². The van der Waals surface area contributed by atoms with Crippen molar-refractivity contribution in [1.29, 1.82) is 0 Å². The maximum atomic E-state index is 12.9. The minimum absolute atomic E-state index is 0.0307. The standard InChI is InChI=1S/C20H32N2O3/c1-15-13-21(10-8-20(15,24)17-6-11-25-12-7-17)18(23)16-5-9-22(14-16)19(2,3)4/h5,9,14-15,17,24H,6-8,10-13H2,1-4H3/t15-,20+/m1/s1. The molecular weight excluding hydrogens is 316 g/mol. The monoisotopic (exact) mass is 348 g/mol. The Kier molecular flexibility index (Phi) is 5.00. The summed E-state index contributed by atoms with van der Waals surface area (Å²) in [5, 5.41) is 11.2. The van der Waals surface area contributed by atoms with Crippen molar-refractivity contribution in [2.75, 3.05) is 26.3 Å². The van der Waals surface area contributed by atoms with E-state index in [9.17, 15) is 9.90 Å². The van der Waals surface area contributed by atoms with Gasteiger partial charge in [-0.05, 0) is 52.0 Å². The van der Waals surface area contributed by atoms with Gasteiger partial charge in [0.15, 0.2) is 0 Å². The highest BCUT2D eigenvalue weighted by Gasteiger charge is 2.46. The van der Waals surface area contributed by atoms with Crippen molar-refractivity contribution < 1.29 is 14.6 Å². The maximum Gasteiger partial charge on any atom is 0.255 e. The highest BCUT2D eigenvalue weighted by molar-refractivity contribution is 5.94. The molecule has 1 amide bonds. The summed E-state index contributed by atoms with van der Waals surface area (Å²) in [5.74, 6) is 0.442. The Balaban J connectivity index is 1.68. The summed E-state index contributed by atoms with van der Waals surface area (Å²) in [7, 11) is 0. The number of aliphatic hydroxyl groups is 1. The summed E-state index contributed by atoms with van der Waals surface area (Å²) in [6.45, 7) is 11.2. The van der Waals surface area contributed by atoms with E-state index in [1.807, 2.05) is 23.4 Å². The lowest BCUT2D eigenvalue weighted by Crippen LogP contribution is -2.56. The third kappa shape index (κ3) is 3.63. The fourth-order valence-electron chi connectivity index (χ4n) is 4.25. The molecule has 2 atom stereocenters. The molecular formula is C20H32N2O3. The van der Waals surface area contributed by atoms with Crippen molar-refractivity contribution in [2.24, 2.45) is 11.8 Å². The number of piperidine rings is 1. The lowest BCUT2D eigenvalue weighted by atomic mass is 9.70. The van der Waals surface area contributed by atoms with Gasteiger partial charge in [-0.1, -0.05) is 6.92 Å². The Labute approximate surface area is 151 Å². The van der Waals surface area contributed by atoms with E-state index in [0.717, 1.165) is 31.6 Å². The molecule has 25 heavy (non-hydrogen) atoms. The van der Waals surface area contributed by atoms with Gasteiger partial charge in [-0.25, -0.2) is 0 Å². The molecule has 1 aromatic heterocycles. The number of ether oxygens (including phenoxy) is 1. The van der Waals surface area contributed by atoms with Gasteiger partial charge in [-0.3, -0.25) is 4.79 Å². The lowest BCUT2D eigenvalue weighted by molar-refractivity contribution is -0.125. The minimum atomic E-state index is -0.669. The second-order valence-electron chi connectivity index (χ2n) is 8.76. The Morgan fingerprint density at radius 2 is 2.00 bits per heavy atom. The predicted octanol–water partition coefficient (Wildman–Crippen LogP) is 2.88. The summed E-state index contributed by atoms with van der Waals surface area (Å²) >= 11 is 0. The molecule has 3 heterocycles. The van der Waals surface area contributed by atoms with Crippen molar-refractivity contribution in [2.45, 2.75) is 58.1 Å². The normalized spacial score (nSPS) is 29.0. The first kappa shape index (κ1) is 18.5. The number of amides is 1. The zero-order chi connectivity index (χ0) is 18.2. The van der Waals surface area contributed by atoms with E-state index in [-0.39, 0.29) is 23.3 Å². The minimum Gasteiger partial charge on any atom is -0.389 e. The molecule has 0 radical (unpaired) electrons. The molecule has 5 heteroatoms. The molecule has 1 aromatic rings. The van der Waals surface area contributed by atoms with Gasteiger partial charge in [-0.2, -0.15) is 0 Å². The van der Waals surface area contributed by atoms with Gasteiger partial charge in [0.05, 0.1) is 11.2 Å². The molecule has 2 aliphatic heterocycles. The Bertz CT molecular complexity index is 613. The van der Waals surface area contributed by atoms with Crippen LogP contribution in [0.3, 0.4) is 0 Å². The van der Waals surface area contributed by atoms with E-state index in [1.54, 1.807) is 0 Å². The van der Waals surface area contributed by atoms with Gasteiger partial charge in [0.25, 0.3) is 5.91 Å². The van der Waals surface area contributed by atoms with Crippen LogP contribution in [-0.2, 0) is 10.3 Å². The van der Waals surface area contributed by atoms with Crippen molar-refractivity contribution in [1.82, 2.24) is 9.47 Å². The summed E-state index contributed by atoms with van der Waals surface area (Å²) < 4.78 is 7.52. The second-order valence-corrected chi connectivity index (χ2v) is 8.76. The number of nitrogens with zero attached hydrogens (tertiary/aromatic N) is 2. The predicted molar refractivity (Wildman–Crippen MR) is 97.6 cm³/mol. The van der Waals surface area contributed by atoms with Crippen LogP contribution in [0.5, 0.6) is 0 Å². The average Bonchev–Trinajstić information content (AvgIpc) is 3.08. The molecule has 0 aromatic carbocycles. The van der Waals surface area contributed by atoms with Gasteiger partial charge in [-0.15, -0.1) is 0 Å². The first-order valence-electron chi connectivity index (χ1n) is 9.49. The smallest absolute Gasteiger partial charge is 0.255 e. The molecule has 140 valence electrons. The fraction of sp³-hybridized carbons (Fsp3) is 0.750. The van der Waals surface area contributed by atoms with Crippen LogP contribution in [0.15, 0.2) is 18.5 Å². The Hall–Kier alpha value is -1.33. The van der Waals surface area contributed by atoms with E-state index in [0.29, 0.717) is 19.5 Å². The van der Waals surface area contributed by atoms with Crippen LogP contribution < -0.4 is 0 Å². The molecule has 0 aliphatic carbocycles. The van der Waals surface area contributed by atoms with Gasteiger partial charge in [0.2, 0.25) is 0 Å². The van der Waals surface area contributed by atoms with Crippen LogP contribution in [0.2, 0.25) is 0 Å². The average molecular weight is 348 g/mol. The van der Waals surface area contributed by atoms with Crippen LogP contribution in [-0.4, -0.2) is 52.4 Å². The lowest BCUT2D eigenvalue weighted by Gasteiger charge is -2.48. The van der Waals surface area contributed by atoms with Gasteiger partial charge in [0, 0.05) is 50.2 Å². The number of hydrogen-bond acceptors (Lipinski definition) is 3. The molecule has 0 saturated carbocycles. The molecule has 2 aliphatic rings. The van der Waals surface area contributed by atoms with E-state index in [1.165, 1.54) is 0 Å². The summed E-state index contributed by atoms with van der Waals surface area (Å²) in [4.78, 5) is 14.8. The molecule has 3 rings (SSSR count). The number of likely N-dealkylation sites (tertiary alicyclic amines) is 1. The quantitative estimate of drug-likeness (QED) is 0.894. The zero-order valence-corrected chi connectivity index (χ0v) is 16.0. The molecule has 1 N–H and O–H groups in total. The summed E-state index contributed by atoms with van der Waals surface area (Å²) in [6.07, 6.45) is 6.41. The van der Waals surface area contributed by atoms with Crippen molar-refractivity contribution in [3.05, 3.63) is 24.0 Å². The van der Waals surface area contributed by atoms with Crippen LogP contribution in [0.25, 0.3) is 0 Å². The first-order chi connectivity index (χ1) is 11.7. The maximum absolute atomic E-state index is 12.9. The highest BCUT2D eigenvalue weighted by atomic mass is 16.5. The topological polar surface area (TPSA) is 54.7 Å². The molecule has 0 bridgehead atoms.